The van der Waals surface area contributed by atoms with Crippen LogP contribution < -0.4 is 5.56 Å². The monoisotopic (exact) mass is 231 g/mol. The lowest BCUT2D eigenvalue weighted by Crippen LogP contribution is -2.15. The van der Waals surface area contributed by atoms with Crippen LogP contribution in [0.5, 0.6) is 0 Å². The van der Waals surface area contributed by atoms with Crippen LogP contribution >= 0.6 is 0 Å². The number of esters is 1. The van der Waals surface area contributed by atoms with Gasteiger partial charge < -0.3 is 9.30 Å². The summed E-state index contributed by atoms with van der Waals surface area (Å²) in [5.41, 5.74) is 0.724. The lowest BCUT2D eigenvalue weighted by atomic mass is 10.1. The van der Waals surface area contributed by atoms with Crippen LogP contribution in [0.25, 0.3) is 10.8 Å². The first-order chi connectivity index (χ1) is 8.11. The first kappa shape index (κ1) is 11.4. The molecule has 0 N–H and O–H groups in total. The second-order valence-corrected chi connectivity index (χ2v) is 3.91. The predicted octanol–water partition coefficient (Wildman–Crippen LogP) is 1.25. The molecule has 1 aromatic carbocycles. The summed E-state index contributed by atoms with van der Waals surface area (Å²) in [7, 11) is 3.05. The number of pyridine rings is 1. The SMILES string of the molecule is COC(=O)Cc1ccc2ccn(C)c(=O)c2c1. The molecule has 0 aliphatic rings. The lowest BCUT2D eigenvalue weighted by molar-refractivity contribution is -0.139. The number of aryl methyl sites for hydroxylation is 1. The second-order valence-electron chi connectivity index (χ2n) is 3.91. The number of hydrogen-bond acceptors (Lipinski definition) is 3. The number of aromatic nitrogens is 1. The lowest BCUT2D eigenvalue weighted by Gasteiger charge is -2.04. The third-order valence-electron chi connectivity index (χ3n) is 2.72. The van der Waals surface area contributed by atoms with Crippen molar-refractivity contribution < 1.29 is 9.53 Å². The Balaban J connectivity index is 2.53. The topological polar surface area (TPSA) is 48.3 Å². The number of carbonyl (C=O) groups excluding carboxylic acids is 1. The standard InChI is InChI=1S/C13H13NO3/c1-14-6-5-10-4-3-9(8-12(15)17-2)7-11(10)13(14)16/h3-7H,8H2,1-2H3. The van der Waals surface area contributed by atoms with Crippen LogP contribution in [0.2, 0.25) is 0 Å². The van der Waals surface area contributed by atoms with Gasteiger partial charge in [-0.05, 0) is 23.1 Å². The molecule has 1 heterocycles. The van der Waals surface area contributed by atoms with Crippen LogP contribution in [-0.4, -0.2) is 17.6 Å². The van der Waals surface area contributed by atoms with E-state index in [0.717, 1.165) is 10.9 Å². The summed E-state index contributed by atoms with van der Waals surface area (Å²) in [5.74, 6) is -0.308. The minimum atomic E-state index is -0.308. The minimum Gasteiger partial charge on any atom is -0.469 e. The third kappa shape index (κ3) is 2.20. The van der Waals surface area contributed by atoms with Crippen LogP contribution in [0.3, 0.4) is 0 Å². The average Bonchev–Trinajstić information content (AvgIpc) is 2.34. The Bertz CT molecular complexity index is 628. The van der Waals surface area contributed by atoms with E-state index in [1.807, 2.05) is 18.2 Å². The molecule has 4 nitrogen and oxygen atoms in total. The van der Waals surface area contributed by atoms with Gasteiger partial charge in [0.05, 0.1) is 13.5 Å². The molecular formula is C13H13NO3. The number of benzene rings is 1. The van der Waals surface area contributed by atoms with E-state index in [9.17, 15) is 9.59 Å². The van der Waals surface area contributed by atoms with Crippen molar-refractivity contribution in [1.29, 1.82) is 0 Å². The van der Waals surface area contributed by atoms with Gasteiger partial charge in [0.1, 0.15) is 0 Å². The van der Waals surface area contributed by atoms with Crippen molar-refractivity contribution in [2.24, 2.45) is 7.05 Å². The summed E-state index contributed by atoms with van der Waals surface area (Å²) in [5, 5.41) is 1.50. The zero-order valence-electron chi connectivity index (χ0n) is 9.77. The Morgan fingerprint density at radius 1 is 1.35 bits per heavy atom. The normalized spacial score (nSPS) is 10.5. The van der Waals surface area contributed by atoms with Gasteiger partial charge in [-0.2, -0.15) is 0 Å². The van der Waals surface area contributed by atoms with Crippen molar-refractivity contribution >= 4 is 16.7 Å². The van der Waals surface area contributed by atoms with Gasteiger partial charge in [-0.15, -0.1) is 0 Å². The molecule has 0 fully saturated rings. The fourth-order valence-corrected chi connectivity index (χ4v) is 1.73. The molecule has 0 aliphatic carbocycles. The van der Waals surface area contributed by atoms with E-state index in [1.165, 1.54) is 11.7 Å². The van der Waals surface area contributed by atoms with E-state index in [2.05, 4.69) is 4.74 Å². The van der Waals surface area contributed by atoms with Crippen molar-refractivity contribution in [3.63, 3.8) is 0 Å². The molecule has 0 atom stereocenters. The summed E-state index contributed by atoms with van der Waals surface area (Å²) in [4.78, 5) is 23.0. The molecular weight excluding hydrogens is 218 g/mol. The summed E-state index contributed by atoms with van der Waals surface area (Å²) in [6.45, 7) is 0. The largest absolute Gasteiger partial charge is 0.469 e. The van der Waals surface area contributed by atoms with Gasteiger partial charge in [-0.3, -0.25) is 9.59 Å². The van der Waals surface area contributed by atoms with Crippen LogP contribution in [0, 0.1) is 0 Å². The van der Waals surface area contributed by atoms with Crippen molar-refractivity contribution in [2.45, 2.75) is 6.42 Å². The summed E-state index contributed by atoms with van der Waals surface area (Å²) in [6, 6.07) is 7.29. The van der Waals surface area contributed by atoms with E-state index in [4.69, 9.17) is 0 Å². The maximum atomic E-state index is 11.9. The molecule has 0 spiro atoms. The van der Waals surface area contributed by atoms with Crippen molar-refractivity contribution in [1.82, 2.24) is 4.57 Å². The van der Waals surface area contributed by atoms with E-state index < -0.39 is 0 Å². The maximum absolute atomic E-state index is 11.9. The zero-order chi connectivity index (χ0) is 12.4. The molecule has 1 aromatic heterocycles. The van der Waals surface area contributed by atoms with Crippen LogP contribution in [0.1, 0.15) is 5.56 Å². The van der Waals surface area contributed by atoms with Gasteiger partial charge in [0.2, 0.25) is 0 Å². The van der Waals surface area contributed by atoms with Crippen LogP contribution in [0.4, 0.5) is 0 Å². The van der Waals surface area contributed by atoms with E-state index >= 15 is 0 Å². The second kappa shape index (κ2) is 4.41. The number of rotatable bonds is 2. The number of hydrogen-bond donors (Lipinski definition) is 0. The molecule has 2 rings (SSSR count). The van der Waals surface area contributed by atoms with Crippen molar-refractivity contribution in [3.05, 3.63) is 46.4 Å². The van der Waals surface area contributed by atoms with Gasteiger partial charge in [0, 0.05) is 18.6 Å². The van der Waals surface area contributed by atoms with Crippen LogP contribution in [0.15, 0.2) is 35.3 Å². The molecule has 0 saturated heterocycles. The Morgan fingerprint density at radius 2 is 2.12 bits per heavy atom. The number of fused-ring (bicyclic) bond motifs is 1. The van der Waals surface area contributed by atoms with Gasteiger partial charge in [-0.1, -0.05) is 12.1 Å². The summed E-state index contributed by atoms with van der Waals surface area (Å²) >= 11 is 0. The molecule has 0 amide bonds. The average molecular weight is 231 g/mol. The molecule has 4 heteroatoms. The summed E-state index contributed by atoms with van der Waals surface area (Å²) < 4.78 is 6.12. The quantitative estimate of drug-likeness (QED) is 0.731. The Labute approximate surface area is 98.4 Å². The van der Waals surface area contributed by atoms with Crippen molar-refractivity contribution in [3.8, 4) is 0 Å². The molecule has 0 aliphatic heterocycles. The minimum absolute atomic E-state index is 0.0609. The summed E-state index contributed by atoms with van der Waals surface area (Å²) in [6.07, 6.45) is 1.91. The molecule has 17 heavy (non-hydrogen) atoms. The molecule has 0 saturated carbocycles. The molecule has 0 bridgehead atoms. The van der Waals surface area contributed by atoms with Gasteiger partial charge in [0.25, 0.3) is 5.56 Å². The maximum Gasteiger partial charge on any atom is 0.309 e. The van der Waals surface area contributed by atoms with Gasteiger partial charge in [-0.25, -0.2) is 0 Å². The highest BCUT2D eigenvalue weighted by molar-refractivity contribution is 5.83. The molecule has 88 valence electrons. The highest BCUT2D eigenvalue weighted by Crippen LogP contribution is 2.12. The smallest absolute Gasteiger partial charge is 0.309 e. The Morgan fingerprint density at radius 3 is 2.82 bits per heavy atom. The molecule has 2 aromatic rings. The van der Waals surface area contributed by atoms with E-state index in [-0.39, 0.29) is 17.9 Å². The highest BCUT2D eigenvalue weighted by Gasteiger charge is 2.06. The highest BCUT2D eigenvalue weighted by atomic mass is 16.5. The number of ether oxygens (including phenoxy) is 1. The van der Waals surface area contributed by atoms with Gasteiger partial charge >= 0.3 is 5.97 Å². The van der Waals surface area contributed by atoms with Crippen molar-refractivity contribution in [2.75, 3.05) is 7.11 Å². The fraction of sp³-hybridized carbons (Fsp3) is 0.231. The zero-order valence-corrected chi connectivity index (χ0v) is 9.77. The number of methoxy groups -OCH3 is 1. The van der Waals surface area contributed by atoms with E-state index in [1.54, 1.807) is 19.3 Å². The number of nitrogens with zero attached hydrogens (tertiary/aromatic N) is 1. The first-order valence-electron chi connectivity index (χ1n) is 5.27. The number of carbonyl (C=O) groups is 1. The molecule has 0 unspecified atom stereocenters. The molecule has 0 radical (unpaired) electrons. The van der Waals surface area contributed by atoms with Crippen LogP contribution in [-0.2, 0) is 23.0 Å². The fourth-order valence-electron chi connectivity index (χ4n) is 1.73. The Kier molecular flexibility index (Phi) is 2.95. The van der Waals surface area contributed by atoms with Gasteiger partial charge in [0.15, 0.2) is 0 Å². The van der Waals surface area contributed by atoms with E-state index in [0.29, 0.717) is 5.39 Å². The predicted molar refractivity (Wildman–Crippen MR) is 64.9 cm³/mol. The first-order valence-corrected chi connectivity index (χ1v) is 5.27. The Hall–Kier alpha value is -2.10. The third-order valence-corrected chi connectivity index (χ3v) is 2.72.